The van der Waals surface area contributed by atoms with Crippen LogP contribution in [0.4, 0.5) is 0 Å². The van der Waals surface area contributed by atoms with E-state index in [-0.39, 0.29) is 34.4 Å². The predicted molar refractivity (Wildman–Crippen MR) is 129 cm³/mol. The molecule has 0 saturated heterocycles. The van der Waals surface area contributed by atoms with Gasteiger partial charge in [0.2, 0.25) is 0 Å². The van der Waals surface area contributed by atoms with Crippen molar-refractivity contribution in [2.75, 3.05) is 6.61 Å². The van der Waals surface area contributed by atoms with Gasteiger partial charge in [-0.25, -0.2) is 0 Å². The van der Waals surface area contributed by atoms with Crippen LogP contribution in [0.25, 0.3) is 10.8 Å². The smallest absolute Gasteiger partial charge is 0.310 e. The van der Waals surface area contributed by atoms with E-state index < -0.39 is 5.41 Å². The fourth-order valence-electron chi connectivity index (χ4n) is 5.26. The van der Waals surface area contributed by atoms with Crippen molar-refractivity contribution in [2.45, 2.75) is 54.4 Å². The first-order valence-electron chi connectivity index (χ1n) is 11.6. The minimum atomic E-state index is -0.546. The quantitative estimate of drug-likeness (QED) is 0.513. The molecule has 3 nitrogen and oxygen atoms in total. The molecule has 1 fully saturated rings. The highest BCUT2D eigenvalue weighted by Gasteiger charge is 2.69. The number of benzene rings is 2. The first-order chi connectivity index (χ1) is 14.9. The molecule has 0 N–H and O–H groups in total. The lowest BCUT2D eigenvalue weighted by Gasteiger charge is -2.34. The van der Waals surface area contributed by atoms with Crippen molar-refractivity contribution >= 4 is 22.5 Å². The lowest BCUT2D eigenvalue weighted by atomic mass is 9.69. The minimum Gasteiger partial charge on any atom is -0.466 e. The standard InChI is InChI=1S/C29H34O3/c1-8-32-26(31)24-23(20-15-11-13-18-12-9-10-14-19(18)20)29(24)16-21(27(2,3)4)25(30)22(17-29)28(5,6)7/h9-17,23-24H,8H2,1-7H3/t23-,24+/m0/s1. The Morgan fingerprint density at radius 1 is 0.906 bits per heavy atom. The van der Waals surface area contributed by atoms with Gasteiger partial charge in [-0.1, -0.05) is 96.2 Å². The molecule has 0 radical (unpaired) electrons. The van der Waals surface area contributed by atoms with E-state index in [2.05, 4.69) is 84.0 Å². The Bertz CT molecular complexity index is 1110. The molecular weight excluding hydrogens is 396 g/mol. The highest BCUT2D eigenvalue weighted by atomic mass is 16.5. The van der Waals surface area contributed by atoms with E-state index in [4.69, 9.17) is 4.74 Å². The number of carbonyl (C=O) groups excluding carboxylic acids is 2. The zero-order chi connectivity index (χ0) is 23.5. The summed E-state index contributed by atoms with van der Waals surface area (Å²) in [7, 11) is 0. The van der Waals surface area contributed by atoms with Gasteiger partial charge in [-0.15, -0.1) is 0 Å². The Kier molecular flexibility index (Phi) is 5.23. The fraction of sp³-hybridized carbons (Fsp3) is 0.448. The van der Waals surface area contributed by atoms with Crippen molar-refractivity contribution in [3.8, 4) is 0 Å². The maximum absolute atomic E-state index is 13.5. The highest BCUT2D eigenvalue weighted by molar-refractivity contribution is 6.11. The molecule has 0 aliphatic heterocycles. The first-order valence-corrected chi connectivity index (χ1v) is 11.6. The van der Waals surface area contributed by atoms with Gasteiger partial charge in [-0.2, -0.15) is 0 Å². The van der Waals surface area contributed by atoms with Crippen LogP contribution in [0.1, 0.15) is 59.9 Å². The molecule has 32 heavy (non-hydrogen) atoms. The summed E-state index contributed by atoms with van der Waals surface area (Å²) in [6.45, 7) is 14.6. The SMILES string of the molecule is CCOC(=O)[C@H]1[C@H](c2cccc3ccccc23)C12C=C(C(C)(C)C)C(=O)C(C(C)(C)C)=C2. The van der Waals surface area contributed by atoms with Gasteiger partial charge in [0.05, 0.1) is 12.5 Å². The molecule has 2 aromatic rings. The molecule has 1 saturated carbocycles. The number of carbonyl (C=O) groups is 2. The summed E-state index contributed by atoms with van der Waals surface area (Å²) in [5.74, 6) is -0.484. The van der Waals surface area contributed by atoms with Gasteiger partial charge in [0.15, 0.2) is 5.78 Å². The largest absolute Gasteiger partial charge is 0.466 e. The monoisotopic (exact) mass is 430 g/mol. The van der Waals surface area contributed by atoms with E-state index >= 15 is 0 Å². The van der Waals surface area contributed by atoms with Crippen molar-refractivity contribution in [2.24, 2.45) is 22.2 Å². The van der Waals surface area contributed by atoms with Gasteiger partial charge in [-0.3, -0.25) is 9.59 Å². The molecule has 0 amide bonds. The van der Waals surface area contributed by atoms with E-state index in [1.807, 2.05) is 19.1 Å². The molecule has 2 aliphatic rings. The third kappa shape index (κ3) is 3.52. The number of ketones is 1. The Balaban J connectivity index is 1.98. The second-order valence-corrected chi connectivity index (χ2v) is 11.2. The molecule has 1 spiro atoms. The molecule has 0 heterocycles. The van der Waals surface area contributed by atoms with E-state index in [0.717, 1.165) is 27.5 Å². The molecule has 2 atom stereocenters. The number of hydrogen-bond acceptors (Lipinski definition) is 3. The topological polar surface area (TPSA) is 43.4 Å². The molecule has 168 valence electrons. The van der Waals surface area contributed by atoms with Crippen LogP contribution in [0.3, 0.4) is 0 Å². The van der Waals surface area contributed by atoms with Gasteiger partial charge in [0.1, 0.15) is 0 Å². The Labute approximate surface area is 191 Å². The summed E-state index contributed by atoms with van der Waals surface area (Å²) in [4.78, 5) is 26.8. The van der Waals surface area contributed by atoms with Gasteiger partial charge >= 0.3 is 5.97 Å². The zero-order valence-corrected chi connectivity index (χ0v) is 20.3. The molecule has 2 aromatic carbocycles. The maximum atomic E-state index is 13.5. The number of hydrogen-bond donors (Lipinski definition) is 0. The van der Waals surface area contributed by atoms with Crippen LogP contribution >= 0.6 is 0 Å². The van der Waals surface area contributed by atoms with E-state index in [1.54, 1.807) is 0 Å². The average Bonchev–Trinajstić information content (AvgIpc) is 3.34. The molecule has 3 heteroatoms. The van der Waals surface area contributed by atoms with Crippen LogP contribution in [-0.2, 0) is 14.3 Å². The molecule has 0 bridgehead atoms. The highest BCUT2D eigenvalue weighted by Crippen LogP contribution is 2.70. The maximum Gasteiger partial charge on any atom is 0.310 e. The minimum absolute atomic E-state index is 0.0598. The summed E-state index contributed by atoms with van der Waals surface area (Å²) < 4.78 is 5.54. The number of Topliss-reactive ketones (excluding diaryl/α,β-unsaturated/α-hetero) is 1. The fourth-order valence-corrected chi connectivity index (χ4v) is 5.26. The second kappa shape index (κ2) is 7.43. The summed E-state index contributed by atoms with van der Waals surface area (Å²) in [6.07, 6.45) is 4.19. The lowest BCUT2D eigenvalue weighted by molar-refractivity contribution is -0.145. The van der Waals surface area contributed by atoms with Crippen LogP contribution in [0.15, 0.2) is 65.8 Å². The average molecular weight is 431 g/mol. The molecular formula is C29H34O3. The number of allylic oxidation sites excluding steroid dienone is 4. The van der Waals surface area contributed by atoms with E-state index in [0.29, 0.717) is 6.61 Å². The van der Waals surface area contributed by atoms with Gasteiger partial charge in [0, 0.05) is 22.5 Å². The zero-order valence-electron chi connectivity index (χ0n) is 20.3. The van der Waals surface area contributed by atoms with E-state index in [9.17, 15) is 9.59 Å². The summed E-state index contributed by atoms with van der Waals surface area (Å²) in [5, 5.41) is 2.31. The summed E-state index contributed by atoms with van der Waals surface area (Å²) in [6, 6.07) is 14.6. The Hall–Kier alpha value is -2.68. The van der Waals surface area contributed by atoms with Crippen molar-refractivity contribution in [1.82, 2.24) is 0 Å². The van der Waals surface area contributed by atoms with Crippen molar-refractivity contribution in [3.63, 3.8) is 0 Å². The van der Waals surface area contributed by atoms with Crippen LogP contribution in [0.2, 0.25) is 0 Å². The number of fused-ring (bicyclic) bond motifs is 1. The second-order valence-electron chi connectivity index (χ2n) is 11.2. The molecule has 0 aromatic heterocycles. The van der Waals surface area contributed by atoms with Crippen LogP contribution < -0.4 is 0 Å². The predicted octanol–water partition coefficient (Wildman–Crippen LogP) is 6.63. The van der Waals surface area contributed by atoms with Crippen LogP contribution in [0, 0.1) is 22.2 Å². The normalized spacial score (nSPS) is 22.5. The van der Waals surface area contributed by atoms with Crippen molar-refractivity contribution in [1.29, 1.82) is 0 Å². The van der Waals surface area contributed by atoms with Crippen LogP contribution in [-0.4, -0.2) is 18.4 Å². The van der Waals surface area contributed by atoms with Crippen molar-refractivity contribution in [3.05, 3.63) is 71.3 Å². The summed E-state index contributed by atoms with van der Waals surface area (Å²) >= 11 is 0. The van der Waals surface area contributed by atoms with Crippen LogP contribution in [0.5, 0.6) is 0 Å². The molecule has 2 aliphatic carbocycles. The summed E-state index contributed by atoms with van der Waals surface area (Å²) in [5.41, 5.74) is 1.54. The number of rotatable bonds is 3. The third-order valence-electron chi connectivity index (χ3n) is 6.89. The molecule has 4 rings (SSSR count). The Morgan fingerprint density at radius 2 is 1.47 bits per heavy atom. The first kappa shape index (κ1) is 22.5. The van der Waals surface area contributed by atoms with Gasteiger partial charge in [-0.05, 0) is 34.1 Å². The van der Waals surface area contributed by atoms with Gasteiger partial charge < -0.3 is 4.74 Å². The molecule has 0 unspecified atom stereocenters. The van der Waals surface area contributed by atoms with Gasteiger partial charge in [0.25, 0.3) is 0 Å². The third-order valence-corrected chi connectivity index (χ3v) is 6.89. The lowest BCUT2D eigenvalue weighted by Crippen LogP contribution is -2.31. The van der Waals surface area contributed by atoms with Crippen molar-refractivity contribution < 1.29 is 14.3 Å². The Morgan fingerprint density at radius 3 is 2.03 bits per heavy atom. The number of esters is 1. The number of ether oxygens (including phenoxy) is 1. The van der Waals surface area contributed by atoms with E-state index in [1.165, 1.54) is 0 Å².